The Hall–Kier alpha value is 0.621. The van der Waals surface area contributed by atoms with Gasteiger partial charge in [-0.1, -0.05) is 127 Å². The van der Waals surface area contributed by atoms with Crippen LogP contribution in [0.5, 0.6) is 0 Å². The summed E-state index contributed by atoms with van der Waals surface area (Å²) < 4.78 is 0. The minimum absolute atomic E-state index is 0. The maximum absolute atomic E-state index is 2.43. The van der Waals surface area contributed by atoms with E-state index in [0.29, 0.717) is 0 Å². The Balaban J connectivity index is -0.00000210. The summed E-state index contributed by atoms with van der Waals surface area (Å²) in [5.41, 5.74) is 3.27. The van der Waals surface area contributed by atoms with Crippen molar-refractivity contribution in [2.45, 2.75) is 117 Å². The number of fused-ring (bicyclic) bond motifs is 1. The third-order valence-electron chi connectivity index (χ3n) is 6.22. The Morgan fingerprint density at radius 3 is 1.67 bits per heavy atom. The SMILES string of the molecule is CCCCCCCCCc1ccc2ccccc2c1CCCCCCCCC.S.[Ba+2].[H-].[H-]. The molecule has 2 aromatic rings. The second kappa shape index (κ2) is 20.2. The Kier molecular flexibility index (Phi) is 20.7. The van der Waals surface area contributed by atoms with Crippen molar-refractivity contribution in [2.75, 3.05) is 0 Å². The van der Waals surface area contributed by atoms with Crippen LogP contribution in [0.4, 0.5) is 0 Å². The Labute approximate surface area is 237 Å². The van der Waals surface area contributed by atoms with Crippen LogP contribution in [0.25, 0.3) is 10.8 Å². The molecule has 0 N–H and O–H groups in total. The maximum Gasteiger partial charge on any atom is 2.00 e. The van der Waals surface area contributed by atoms with Gasteiger partial charge in [0.1, 0.15) is 0 Å². The van der Waals surface area contributed by atoms with Crippen molar-refractivity contribution in [3.63, 3.8) is 0 Å². The number of aryl methyl sites for hydroxylation is 2. The molecule has 0 bridgehead atoms. The topological polar surface area (TPSA) is 0 Å². The van der Waals surface area contributed by atoms with Gasteiger partial charge in [0, 0.05) is 0 Å². The van der Waals surface area contributed by atoms with Gasteiger partial charge in [-0.3, -0.25) is 0 Å². The summed E-state index contributed by atoms with van der Waals surface area (Å²) in [5.74, 6) is 0. The van der Waals surface area contributed by atoms with E-state index < -0.39 is 0 Å². The van der Waals surface area contributed by atoms with Crippen LogP contribution >= 0.6 is 13.5 Å². The molecule has 2 heteroatoms. The van der Waals surface area contributed by atoms with E-state index in [9.17, 15) is 0 Å². The first-order valence-corrected chi connectivity index (χ1v) is 12.4. The first-order valence-electron chi connectivity index (χ1n) is 12.4. The molecule has 0 aliphatic heterocycles. The first-order chi connectivity index (χ1) is 13.9. The molecular formula is C28H48BaS. The van der Waals surface area contributed by atoms with Gasteiger partial charge in [0.05, 0.1) is 0 Å². The molecule has 0 aliphatic carbocycles. The van der Waals surface area contributed by atoms with Crippen LogP contribution in [0, 0.1) is 0 Å². The molecule has 2 aromatic carbocycles. The fourth-order valence-corrected chi connectivity index (χ4v) is 4.44. The molecule has 0 fully saturated rings. The quantitative estimate of drug-likeness (QED) is 0.143. The standard InChI is InChI=1S/C28H44.Ba.H2S.2H/c1-3-5-7-9-11-13-15-19-25-23-24-26-20-17-18-22-28(26)27(25)21-16-14-12-10-8-6-4-2;;;;/h17-18,20,22-24H,3-16,19,21H2,1-2H3;;1H2;;/q;+2;;2*-1. The second-order valence-electron chi connectivity index (χ2n) is 8.67. The van der Waals surface area contributed by atoms with Crippen LogP contribution < -0.4 is 0 Å². The van der Waals surface area contributed by atoms with E-state index in [4.69, 9.17) is 0 Å². The summed E-state index contributed by atoms with van der Waals surface area (Å²) in [4.78, 5) is 0. The monoisotopic (exact) mass is 554 g/mol. The molecular weight excluding hydrogens is 506 g/mol. The van der Waals surface area contributed by atoms with Gasteiger partial charge < -0.3 is 2.85 Å². The Bertz CT molecular complexity index is 663. The van der Waals surface area contributed by atoms with Gasteiger partial charge in [0.25, 0.3) is 0 Å². The summed E-state index contributed by atoms with van der Waals surface area (Å²) >= 11 is 0. The van der Waals surface area contributed by atoms with Crippen molar-refractivity contribution in [1.29, 1.82) is 0 Å². The summed E-state index contributed by atoms with van der Waals surface area (Å²) in [6.07, 6.45) is 22.1. The van der Waals surface area contributed by atoms with Crippen molar-refractivity contribution in [2.24, 2.45) is 0 Å². The molecule has 0 aliphatic rings. The van der Waals surface area contributed by atoms with Crippen molar-refractivity contribution < 1.29 is 2.85 Å². The van der Waals surface area contributed by atoms with Gasteiger partial charge in [0.2, 0.25) is 0 Å². The normalized spacial score (nSPS) is 10.6. The first kappa shape index (κ1) is 30.6. The number of hydrogen-bond acceptors (Lipinski definition) is 0. The third-order valence-corrected chi connectivity index (χ3v) is 6.22. The minimum atomic E-state index is 0. The van der Waals surface area contributed by atoms with Crippen LogP contribution in [-0.4, -0.2) is 48.9 Å². The average Bonchev–Trinajstić information content (AvgIpc) is 2.73. The van der Waals surface area contributed by atoms with Crippen molar-refractivity contribution >= 4 is 73.1 Å². The molecule has 0 amide bonds. The summed E-state index contributed by atoms with van der Waals surface area (Å²) in [6, 6.07) is 13.8. The van der Waals surface area contributed by atoms with E-state index >= 15 is 0 Å². The van der Waals surface area contributed by atoms with Crippen LogP contribution in [0.2, 0.25) is 0 Å². The summed E-state index contributed by atoms with van der Waals surface area (Å²) in [7, 11) is 0. The van der Waals surface area contributed by atoms with Gasteiger partial charge in [0.15, 0.2) is 0 Å². The number of hydrogen-bond donors (Lipinski definition) is 0. The van der Waals surface area contributed by atoms with Crippen molar-refractivity contribution in [1.82, 2.24) is 0 Å². The van der Waals surface area contributed by atoms with E-state index in [2.05, 4.69) is 50.2 Å². The fraction of sp³-hybridized carbons (Fsp3) is 0.643. The van der Waals surface area contributed by atoms with E-state index in [1.54, 1.807) is 11.1 Å². The molecule has 0 saturated heterocycles. The van der Waals surface area contributed by atoms with Gasteiger partial charge in [-0.2, -0.15) is 13.5 Å². The van der Waals surface area contributed by atoms with Crippen molar-refractivity contribution in [3.05, 3.63) is 47.5 Å². The molecule has 0 aromatic heterocycles. The maximum atomic E-state index is 2.43. The van der Waals surface area contributed by atoms with Crippen LogP contribution in [0.3, 0.4) is 0 Å². The molecule has 0 unspecified atom stereocenters. The molecule has 0 spiro atoms. The van der Waals surface area contributed by atoms with E-state index in [1.807, 2.05) is 0 Å². The zero-order valence-electron chi connectivity index (χ0n) is 22.0. The largest absolute Gasteiger partial charge is 2.00 e. The Morgan fingerprint density at radius 2 is 1.07 bits per heavy atom. The van der Waals surface area contributed by atoms with E-state index in [-0.39, 0.29) is 65.2 Å². The van der Waals surface area contributed by atoms with Crippen LogP contribution in [0.15, 0.2) is 36.4 Å². The van der Waals surface area contributed by atoms with Gasteiger partial charge in [-0.25, -0.2) is 0 Å². The second-order valence-corrected chi connectivity index (χ2v) is 8.67. The van der Waals surface area contributed by atoms with E-state index in [1.165, 1.54) is 114 Å². The zero-order chi connectivity index (χ0) is 19.9. The molecule has 30 heavy (non-hydrogen) atoms. The molecule has 0 nitrogen and oxygen atoms in total. The number of benzene rings is 2. The van der Waals surface area contributed by atoms with Crippen molar-refractivity contribution in [3.8, 4) is 0 Å². The van der Waals surface area contributed by atoms with Crippen LogP contribution in [0.1, 0.15) is 118 Å². The predicted molar refractivity (Wildman–Crippen MR) is 146 cm³/mol. The molecule has 168 valence electrons. The Morgan fingerprint density at radius 1 is 0.567 bits per heavy atom. The third kappa shape index (κ3) is 12.0. The summed E-state index contributed by atoms with van der Waals surface area (Å²) in [5, 5.41) is 2.93. The zero-order valence-corrected chi connectivity index (χ0v) is 25.4. The number of rotatable bonds is 16. The minimum Gasteiger partial charge on any atom is -1.00 e. The van der Waals surface area contributed by atoms with Gasteiger partial charge >= 0.3 is 48.9 Å². The summed E-state index contributed by atoms with van der Waals surface area (Å²) in [6.45, 7) is 4.60. The number of unbranched alkanes of at least 4 members (excludes halogenated alkanes) is 12. The molecule has 0 atom stereocenters. The fourth-order valence-electron chi connectivity index (χ4n) is 4.44. The predicted octanol–water partition coefficient (Wildman–Crippen LogP) is 9.38. The van der Waals surface area contributed by atoms with E-state index in [0.717, 1.165) is 0 Å². The average molecular weight is 554 g/mol. The van der Waals surface area contributed by atoms with Crippen LogP contribution in [-0.2, 0) is 12.8 Å². The molecule has 0 saturated carbocycles. The van der Waals surface area contributed by atoms with Gasteiger partial charge in [-0.05, 0) is 47.6 Å². The smallest absolute Gasteiger partial charge is 1.00 e. The van der Waals surface area contributed by atoms with Gasteiger partial charge in [-0.15, -0.1) is 0 Å². The molecule has 0 radical (unpaired) electrons. The molecule has 0 heterocycles. The molecule has 2 rings (SSSR count).